The number of piperazine rings is 1. The molecule has 0 radical (unpaired) electrons. The minimum absolute atomic E-state index is 0.685. The van der Waals surface area contributed by atoms with Crippen molar-refractivity contribution < 1.29 is 0 Å². The van der Waals surface area contributed by atoms with E-state index in [1.54, 1.807) is 11.3 Å². The molecule has 1 fully saturated rings. The highest BCUT2D eigenvalue weighted by Gasteiger charge is 2.13. The number of hydrogen-bond donors (Lipinski definition) is 2. The average molecular weight is 212 g/mol. The standard InChI is InChI=1S/C9H16N4S/c10-2-1-8-7-14-9(12-8)13-5-3-11-4-6-13/h7,11H,1-6,10H2. The van der Waals surface area contributed by atoms with Gasteiger partial charge in [0.05, 0.1) is 5.69 Å². The maximum atomic E-state index is 5.49. The van der Waals surface area contributed by atoms with Crippen molar-refractivity contribution >= 4 is 16.5 Å². The van der Waals surface area contributed by atoms with Crippen molar-refractivity contribution in [1.82, 2.24) is 10.3 Å². The van der Waals surface area contributed by atoms with Crippen molar-refractivity contribution in [2.24, 2.45) is 5.73 Å². The van der Waals surface area contributed by atoms with Gasteiger partial charge in [-0.3, -0.25) is 0 Å². The summed E-state index contributed by atoms with van der Waals surface area (Å²) in [6.07, 6.45) is 0.891. The predicted molar refractivity (Wildman–Crippen MR) is 60.0 cm³/mol. The molecule has 3 N–H and O–H groups in total. The fourth-order valence-corrected chi connectivity index (χ4v) is 2.47. The van der Waals surface area contributed by atoms with Crippen LogP contribution in [0.1, 0.15) is 5.69 Å². The highest BCUT2D eigenvalue weighted by molar-refractivity contribution is 7.13. The monoisotopic (exact) mass is 212 g/mol. The molecule has 0 aliphatic carbocycles. The third kappa shape index (κ3) is 2.23. The van der Waals surface area contributed by atoms with Crippen LogP contribution in [0, 0.1) is 0 Å². The Morgan fingerprint density at radius 1 is 1.50 bits per heavy atom. The second kappa shape index (κ2) is 4.72. The second-order valence-electron chi connectivity index (χ2n) is 3.40. The van der Waals surface area contributed by atoms with Crippen LogP contribution in [-0.4, -0.2) is 37.7 Å². The number of nitrogens with zero attached hydrogens (tertiary/aromatic N) is 2. The van der Waals surface area contributed by atoms with E-state index in [2.05, 4.69) is 20.6 Å². The van der Waals surface area contributed by atoms with E-state index in [-0.39, 0.29) is 0 Å². The summed E-state index contributed by atoms with van der Waals surface area (Å²) >= 11 is 1.73. The van der Waals surface area contributed by atoms with Crippen molar-refractivity contribution in [3.05, 3.63) is 11.1 Å². The van der Waals surface area contributed by atoms with Gasteiger partial charge in [-0.05, 0) is 6.54 Å². The minimum atomic E-state index is 0.685. The molecule has 0 saturated carbocycles. The van der Waals surface area contributed by atoms with E-state index < -0.39 is 0 Å². The van der Waals surface area contributed by atoms with Gasteiger partial charge in [-0.1, -0.05) is 0 Å². The fourth-order valence-electron chi connectivity index (χ4n) is 1.56. The lowest BCUT2D eigenvalue weighted by atomic mass is 10.3. The van der Waals surface area contributed by atoms with Gasteiger partial charge in [0.1, 0.15) is 0 Å². The van der Waals surface area contributed by atoms with Gasteiger partial charge in [-0.15, -0.1) is 11.3 Å². The van der Waals surface area contributed by atoms with Crippen LogP contribution in [-0.2, 0) is 6.42 Å². The zero-order chi connectivity index (χ0) is 9.80. The average Bonchev–Trinajstić information content (AvgIpc) is 2.68. The topological polar surface area (TPSA) is 54.2 Å². The van der Waals surface area contributed by atoms with Gasteiger partial charge in [-0.2, -0.15) is 0 Å². The fraction of sp³-hybridized carbons (Fsp3) is 0.667. The number of aromatic nitrogens is 1. The quantitative estimate of drug-likeness (QED) is 0.743. The predicted octanol–water partition coefficient (Wildman–Crippen LogP) is 0.0539. The maximum absolute atomic E-state index is 5.49. The number of thiazole rings is 1. The van der Waals surface area contributed by atoms with Crippen LogP contribution in [0.3, 0.4) is 0 Å². The lowest BCUT2D eigenvalue weighted by Gasteiger charge is -2.26. The molecule has 5 heteroatoms. The van der Waals surface area contributed by atoms with Crippen LogP contribution >= 0.6 is 11.3 Å². The van der Waals surface area contributed by atoms with Gasteiger partial charge in [0.15, 0.2) is 5.13 Å². The first kappa shape index (κ1) is 9.89. The first-order valence-electron chi connectivity index (χ1n) is 5.00. The van der Waals surface area contributed by atoms with E-state index in [0.29, 0.717) is 6.54 Å². The molecule has 4 nitrogen and oxygen atoms in total. The van der Waals surface area contributed by atoms with Crippen LogP contribution in [0.4, 0.5) is 5.13 Å². The molecular formula is C9H16N4S. The molecule has 78 valence electrons. The highest BCUT2D eigenvalue weighted by atomic mass is 32.1. The summed E-state index contributed by atoms with van der Waals surface area (Å²) in [6.45, 7) is 4.94. The van der Waals surface area contributed by atoms with Crippen LogP contribution in [0.5, 0.6) is 0 Å². The molecule has 0 amide bonds. The highest BCUT2D eigenvalue weighted by Crippen LogP contribution is 2.20. The van der Waals surface area contributed by atoms with Crippen LogP contribution < -0.4 is 16.0 Å². The van der Waals surface area contributed by atoms with E-state index in [0.717, 1.165) is 43.4 Å². The van der Waals surface area contributed by atoms with Crippen LogP contribution in [0.15, 0.2) is 5.38 Å². The molecule has 0 bridgehead atoms. The van der Waals surface area contributed by atoms with Crippen molar-refractivity contribution in [1.29, 1.82) is 0 Å². The largest absolute Gasteiger partial charge is 0.346 e. The Bertz CT molecular complexity index is 280. The smallest absolute Gasteiger partial charge is 0.185 e. The van der Waals surface area contributed by atoms with Gasteiger partial charge in [0, 0.05) is 38.0 Å². The second-order valence-corrected chi connectivity index (χ2v) is 4.23. The Morgan fingerprint density at radius 2 is 2.29 bits per heavy atom. The third-order valence-electron chi connectivity index (χ3n) is 2.33. The number of hydrogen-bond acceptors (Lipinski definition) is 5. The molecule has 0 atom stereocenters. The lowest BCUT2D eigenvalue weighted by Crippen LogP contribution is -2.43. The lowest BCUT2D eigenvalue weighted by molar-refractivity contribution is 0.588. The zero-order valence-corrected chi connectivity index (χ0v) is 9.02. The van der Waals surface area contributed by atoms with E-state index in [1.165, 1.54) is 0 Å². The van der Waals surface area contributed by atoms with E-state index in [9.17, 15) is 0 Å². The van der Waals surface area contributed by atoms with Crippen molar-refractivity contribution in [2.45, 2.75) is 6.42 Å². The van der Waals surface area contributed by atoms with Crippen LogP contribution in [0.25, 0.3) is 0 Å². The van der Waals surface area contributed by atoms with Gasteiger partial charge < -0.3 is 16.0 Å². The summed E-state index contributed by atoms with van der Waals surface area (Å²) in [5.41, 5.74) is 6.62. The van der Waals surface area contributed by atoms with Gasteiger partial charge in [0.2, 0.25) is 0 Å². The molecule has 1 aromatic rings. The first-order chi connectivity index (χ1) is 6.90. The van der Waals surface area contributed by atoms with E-state index >= 15 is 0 Å². The Balaban J connectivity index is 2.00. The first-order valence-corrected chi connectivity index (χ1v) is 5.88. The molecule has 2 rings (SSSR count). The summed E-state index contributed by atoms with van der Waals surface area (Å²) in [4.78, 5) is 6.89. The summed E-state index contributed by atoms with van der Waals surface area (Å²) in [6, 6.07) is 0. The Morgan fingerprint density at radius 3 is 3.00 bits per heavy atom. The third-order valence-corrected chi connectivity index (χ3v) is 3.28. The maximum Gasteiger partial charge on any atom is 0.185 e. The number of nitrogens with two attached hydrogens (primary N) is 1. The minimum Gasteiger partial charge on any atom is -0.346 e. The SMILES string of the molecule is NCCc1csc(N2CCNCC2)n1. The molecule has 14 heavy (non-hydrogen) atoms. The molecule has 1 aliphatic heterocycles. The van der Waals surface area contributed by atoms with Crippen molar-refractivity contribution in [2.75, 3.05) is 37.6 Å². The number of anilines is 1. The molecule has 2 heterocycles. The molecule has 1 saturated heterocycles. The normalized spacial score (nSPS) is 17.4. The molecule has 0 aromatic carbocycles. The molecule has 0 spiro atoms. The Kier molecular flexibility index (Phi) is 3.34. The van der Waals surface area contributed by atoms with Crippen molar-refractivity contribution in [3.63, 3.8) is 0 Å². The zero-order valence-electron chi connectivity index (χ0n) is 8.20. The number of rotatable bonds is 3. The molecule has 0 unspecified atom stereocenters. The van der Waals surface area contributed by atoms with Gasteiger partial charge in [-0.25, -0.2) is 4.98 Å². The summed E-state index contributed by atoms with van der Waals surface area (Å²) in [5, 5.41) is 6.60. The molecular weight excluding hydrogens is 196 g/mol. The summed E-state index contributed by atoms with van der Waals surface area (Å²) < 4.78 is 0. The summed E-state index contributed by atoms with van der Waals surface area (Å²) in [5.74, 6) is 0. The molecule has 1 aliphatic rings. The number of nitrogens with one attached hydrogen (secondary N) is 1. The Hall–Kier alpha value is -0.650. The summed E-state index contributed by atoms with van der Waals surface area (Å²) in [7, 11) is 0. The van der Waals surface area contributed by atoms with Gasteiger partial charge >= 0.3 is 0 Å². The molecule has 1 aromatic heterocycles. The van der Waals surface area contributed by atoms with E-state index in [4.69, 9.17) is 5.73 Å². The van der Waals surface area contributed by atoms with Gasteiger partial charge in [0.25, 0.3) is 0 Å². The van der Waals surface area contributed by atoms with Crippen LogP contribution in [0.2, 0.25) is 0 Å². The van der Waals surface area contributed by atoms with Crippen molar-refractivity contribution in [3.8, 4) is 0 Å². The Labute approximate surface area is 88.1 Å². The van der Waals surface area contributed by atoms with E-state index in [1.807, 2.05) is 0 Å².